The number of carbonyl (C=O) groups is 2. The Kier molecular flexibility index (Phi) is 5.29. The highest BCUT2D eigenvalue weighted by Crippen LogP contribution is 2.31. The number of H-pyrrole nitrogens is 1. The van der Waals surface area contributed by atoms with Gasteiger partial charge in [0.05, 0.1) is 27.9 Å². The summed E-state index contributed by atoms with van der Waals surface area (Å²) in [6, 6.07) is 12.1. The molecule has 0 spiro atoms. The van der Waals surface area contributed by atoms with Crippen LogP contribution in [0.2, 0.25) is 5.02 Å². The van der Waals surface area contributed by atoms with Crippen LogP contribution in [0.5, 0.6) is 0 Å². The number of aromatic nitrogens is 1. The zero-order valence-electron chi connectivity index (χ0n) is 16.2. The van der Waals surface area contributed by atoms with E-state index < -0.39 is 21.8 Å². The van der Waals surface area contributed by atoms with E-state index >= 15 is 0 Å². The lowest BCUT2D eigenvalue weighted by atomic mass is 10.1. The molecule has 30 heavy (non-hydrogen) atoms. The third-order valence-electron chi connectivity index (χ3n) is 5.15. The van der Waals surface area contributed by atoms with Gasteiger partial charge in [-0.2, -0.15) is 0 Å². The van der Waals surface area contributed by atoms with Crippen LogP contribution in [-0.4, -0.2) is 37.5 Å². The summed E-state index contributed by atoms with van der Waals surface area (Å²) in [6.07, 6.45) is 2.57. The van der Waals surface area contributed by atoms with Crippen LogP contribution in [0, 0.1) is 5.92 Å². The van der Waals surface area contributed by atoms with E-state index in [1.54, 1.807) is 6.92 Å². The second-order valence-electron chi connectivity index (χ2n) is 7.31. The van der Waals surface area contributed by atoms with E-state index in [2.05, 4.69) is 10.3 Å². The SMILES string of the molecule is CC1CS(=O)(=O)N(c2ccc(C(=O)NCCc3c[nH]c4ccccc34)c(Cl)c2)C1=O. The van der Waals surface area contributed by atoms with Crippen LogP contribution in [0.15, 0.2) is 48.7 Å². The molecular formula is C21H20ClN3O4S. The van der Waals surface area contributed by atoms with Gasteiger partial charge in [0.15, 0.2) is 0 Å². The molecule has 1 unspecified atom stereocenters. The van der Waals surface area contributed by atoms with Gasteiger partial charge in [0.1, 0.15) is 0 Å². The molecule has 1 saturated heterocycles. The van der Waals surface area contributed by atoms with Crippen LogP contribution in [0.1, 0.15) is 22.8 Å². The molecule has 2 aromatic carbocycles. The second kappa shape index (κ2) is 7.77. The van der Waals surface area contributed by atoms with Gasteiger partial charge in [0.25, 0.3) is 5.91 Å². The Morgan fingerprint density at radius 1 is 1.27 bits per heavy atom. The second-order valence-corrected chi connectivity index (χ2v) is 9.58. The summed E-state index contributed by atoms with van der Waals surface area (Å²) in [6.45, 7) is 1.98. The summed E-state index contributed by atoms with van der Waals surface area (Å²) in [4.78, 5) is 28.0. The summed E-state index contributed by atoms with van der Waals surface area (Å²) in [7, 11) is -3.72. The van der Waals surface area contributed by atoms with E-state index in [0.29, 0.717) is 13.0 Å². The number of nitrogens with zero attached hydrogens (tertiary/aromatic N) is 1. The average molecular weight is 446 g/mol. The molecule has 7 nitrogen and oxygen atoms in total. The minimum Gasteiger partial charge on any atom is -0.361 e. The number of para-hydroxylation sites is 1. The Labute approximate surface area is 179 Å². The largest absolute Gasteiger partial charge is 0.361 e. The molecular weight excluding hydrogens is 426 g/mol. The number of amides is 2. The van der Waals surface area contributed by atoms with E-state index in [1.165, 1.54) is 18.2 Å². The van der Waals surface area contributed by atoms with Crippen molar-refractivity contribution in [1.29, 1.82) is 0 Å². The molecule has 1 aromatic heterocycles. The first-order valence-corrected chi connectivity index (χ1v) is 11.5. The number of benzene rings is 2. The number of hydrogen-bond acceptors (Lipinski definition) is 4. The van der Waals surface area contributed by atoms with Crippen molar-refractivity contribution in [2.24, 2.45) is 5.92 Å². The van der Waals surface area contributed by atoms with Gasteiger partial charge in [-0.25, -0.2) is 12.7 Å². The Hall–Kier alpha value is -2.84. The van der Waals surface area contributed by atoms with Crippen LogP contribution in [0.3, 0.4) is 0 Å². The smallest absolute Gasteiger partial charge is 0.252 e. The fraction of sp³-hybridized carbons (Fsp3) is 0.238. The van der Waals surface area contributed by atoms with Gasteiger partial charge in [0, 0.05) is 23.6 Å². The topological polar surface area (TPSA) is 99.3 Å². The van der Waals surface area contributed by atoms with Gasteiger partial charge in [-0.1, -0.05) is 36.7 Å². The maximum absolute atomic E-state index is 12.5. The Bertz CT molecular complexity index is 1250. The molecule has 2 N–H and O–H groups in total. The fourth-order valence-corrected chi connectivity index (χ4v) is 5.72. The predicted octanol–water partition coefficient (Wildman–Crippen LogP) is 3.11. The lowest BCUT2D eigenvalue weighted by Crippen LogP contribution is -2.30. The van der Waals surface area contributed by atoms with Crippen molar-refractivity contribution in [1.82, 2.24) is 10.3 Å². The fourth-order valence-electron chi connectivity index (χ4n) is 3.65. The third kappa shape index (κ3) is 3.68. The summed E-state index contributed by atoms with van der Waals surface area (Å²) < 4.78 is 25.2. The van der Waals surface area contributed by atoms with Crippen molar-refractivity contribution in [3.05, 3.63) is 64.8 Å². The number of aromatic amines is 1. The molecule has 3 aromatic rings. The Morgan fingerprint density at radius 3 is 2.73 bits per heavy atom. The van der Waals surface area contributed by atoms with E-state index in [0.717, 1.165) is 20.8 Å². The zero-order chi connectivity index (χ0) is 21.5. The first-order chi connectivity index (χ1) is 14.3. The molecule has 1 fully saturated rings. The van der Waals surface area contributed by atoms with Crippen LogP contribution in [-0.2, 0) is 21.2 Å². The molecule has 1 aliphatic rings. The van der Waals surface area contributed by atoms with Crippen LogP contribution in [0.4, 0.5) is 5.69 Å². The summed E-state index contributed by atoms with van der Waals surface area (Å²) in [5, 5.41) is 4.02. The number of carbonyl (C=O) groups excluding carboxylic acids is 2. The lowest BCUT2D eigenvalue weighted by Gasteiger charge is -2.16. The van der Waals surface area contributed by atoms with Gasteiger partial charge < -0.3 is 10.3 Å². The molecule has 2 amide bonds. The first-order valence-electron chi connectivity index (χ1n) is 9.47. The van der Waals surface area contributed by atoms with E-state index in [4.69, 9.17) is 11.6 Å². The number of anilines is 1. The van der Waals surface area contributed by atoms with Crippen LogP contribution in [0.25, 0.3) is 10.9 Å². The first kappa shape index (κ1) is 20.4. The highest BCUT2D eigenvalue weighted by Gasteiger charge is 2.42. The maximum Gasteiger partial charge on any atom is 0.252 e. The average Bonchev–Trinajstić information content (AvgIpc) is 3.19. The highest BCUT2D eigenvalue weighted by molar-refractivity contribution is 7.94. The normalized spacial score (nSPS) is 18.1. The molecule has 0 aliphatic carbocycles. The van der Waals surface area contributed by atoms with Crippen LogP contribution >= 0.6 is 11.6 Å². The van der Waals surface area contributed by atoms with Gasteiger partial charge in [-0.15, -0.1) is 0 Å². The number of nitrogens with one attached hydrogen (secondary N) is 2. The molecule has 9 heteroatoms. The standard InChI is InChI=1S/C21H20ClN3O4S/c1-13-12-30(28,29)25(21(13)27)15-6-7-17(18(22)10-15)20(26)23-9-8-14-11-24-19-5-3-2-4-16(14)19/h2-7,10-11,13,24H,8-9,12H2,1H3,(H,23,26). The van der Waals surface area contributed by atoms with Crippen molar-refractivity contribution >= 4 is 50.0 Å². The molecule has 0 saturated carbocycles. The number of halogens is 1. The van der Waals surface area contributed by atoms with Gasteiger partial charge in [-0.05, 0) is 36.2 Å². The van der Waals surface area contributed by atoms with Crippen molar-refractivity contribution in [3.8, 4) is 0 Å². The zero-order valence-corrected chi connectivity index (χ0v) is 17.8. The van der Waals surface area contributed by atoms with Crippen molar-refractivity contribution in [2.45, 2.75) is 13.3 Å². The van der Waals surface area contributed by atoms with Crippen molar-refractivity contribution in [3.63, 3.8) is 0 Å². The van der Waals surface area contributed by atoms with Gasteiger partial charge in [-0.3, -0.25) is 9.59 Å². The number of hydrogen-bond donors (Lipinski definition) is 2. The van der Waals surface area contributed by atoms with Crippen molar-refractivity contribution in [2.75, 3.05) is 16.6 Å². The number of rotatable bonds is 5. The highest BCUT2D eigenvalue weighted by atomic mass is 35.5. The van der Waals surface area contributed by atoms with Gasteiger partial charge >= 0.3 is 0 Å². The molecule has 156 valence electrons. The summed E-state index contributed by atoms with van der Waals surface area (Å²) >= 11 is 6.24. The van der Waals surface area contributed by atoms with E-state index in [1.807, 2.05) is 30.5 Å². The van der Waals surface area contributed by atoms with Crippen molar-refractivity contribution < 1.29 is 18.0 Å². The minimum atomic E-state index is -3.72. The summed E-state index contributed by atoms with van der Waals surface area (Å²) in [5.74, 6) is -1.71. The third-order valence-corrected chi connectivity index (χ3v) is 7.33. The Morgan fingerprint density at radius 2 is 2.03 bits per heavy atom. The molecule has 2 heterocycles. The molecule has 1 atom stereocenters. The molecule has 1 aliphatic heterocycles. The monoisotopic (exact) mass is 445 g/mol. The predicted molar refractivity (Wildman–Crippen MR) is 116 cm³/mol. The quantitative estimate of drug-likeness (QED) is 0.630. The summed E-state index contributed by atoms with van der Waals surface area (Å²) in [5.41, 5.74) is 2.50. The van der Waals surface area contributed by atoms with E-state index in [-0.39, 0.29) is 27.9 Å². The molecule has 4 rings (SSSR count). The molecule has 0 bridgehead atoms. The number of fused-ring (bicyclic) bond motifs is 1. The minimum absolute atomic E-state index is 0.0830. The van der Waals surface area contributed by atoms with Gasteiger partial charge in [0.2, 0.25) is 15.9 Å². The maximum atomic E-state index is 12.5. The lowest BCUT2D eigenvalue weighted by molar-refractivity contribution is -0.119. The van der Waals surface area contributed by atoms with Crippen LogP contribution < -0.4 is 9.62 Å². The Balaban J connectivity index is 1.45. The van der Waals surface area contributed by atoms with E-state index in [9.17, 15) is 18.0 Å². The molecule has 0 radical (unpaired) electrons. The number of sulfonamides is 1.